The fourth-order valence-corrected chi connectivity index (χ4v) is 2.64. The van der Waals surface area contributed by atoms with Crippen LogP contribution in [0, 0.1) is 13.8 Å². The summed E-state index contributed by atoms with van der Waals surface area (Å²) in [6, 6.07) is 6.33. The molecule has 0 aliphatic carbocycles. The summed E-state index contributed by atoms with van der Waals surface area (Å²) in [6.07, 6.45) is 0.695. The van der Waals surface area contributed by atoms with Gasteiger partial charge in [0.15, 0.2) is 5.69 Å². The van der Waals surface area contributed by atoms with Crippen LogP contribution >= 0.6 is 11.3 Å². The lowest BCUT2D eigenvalue weighted by molar-refractivity contribution is 0.0691. The Hall–Kier alpha value is -1.68. The van der Waals surface area contributed by atoms with E-state index in [0.717, 1.165) is 5.01 Å². The van der Waals surface area contributed by atoms with Crippen molar-refractivity contribution < 1.29 is 9.90 Å². The Bertz CT molecular complexity index is 540. The second kappa shape index (κ2) is 4.67. The van der Waals surface area contributed by atoms with E-state index < -0.39 is 5.97 Å². The molecule has 0 aliphatic rings. The van der Waals surface area contributed by atoms with Gasteiger partial charge in [-0.3, -0.25) is 0 Å². The van der Waals surface area contributed by atoms with Crippen molar-refractivity contribution in [2.75, 3.05) is 0 Å². The molecule has 4 heteroatoms. The number of aryl methyl sites for hydroxylation is 2. The molecule has 0 atom stereocenters. The van der Waals surface area contributed by atoms with Crippen molar-refractivity contribution in [3.8, 4) is 0 Å². The molecule has 0 saturated carbocycles. The summed E-state index contributed by atoms with van der Waals surface area (Å²) < 4.78 is 0. The van der Waals surface area contributed by atoms with Crippen LogP contribution in [0.4, 0.5) is 0 Å². The lowest BCUT2D eigenvalue weighted by atomic mass is 10.1. The van der Waals surface area contributed by atoms with Crippen molar-refractivity contribution in [2.45, 2.75) is 20.3 Å². The third kappa shape index (κ3) is 2.91. The van der Waals surface area contributed by atoms with Crippen molar-refractivity contribution in [1.29, 1.82) is 0 Å². The predicted molar refractivity (Wildman–Crippen MR) is 67.8 cm³/mol. The van der Waals surface area contributed by atoms with Crippen LogP contribution in [0.3, 0.4) is 0 Å². The third-order valence-electron chi connectivity index (χ3n) is 2.41. The lowest BCUT2D eigenvalue weighted by Gasteiger charge is -2.02. The fourth-order valence-electron chi connectivity index (χ4n) is 1.84. The maximum atomic E-state index is 10.7. The Morgan fingerprint density at radius 3 is 2.47 bits per heavy atom. The van der Waals surface area contributed by atoms with Crippen molar-refractivity contribution in [3.05, 3.63) is 51.0 Å². The monoisotopic (exact) mass is 247 g/mol. The minimum atomic E-state index is -0.965. The largest absolute Gasteiger partial charge is 0.476 e. The number of carboxylic acids is 1. The highest BCUT2D eigenvalue weighted by Gasteiger charge is 2.09. The molecule has 3 nitrogen and oxygen atoms in total. The van der Waals surface area contributed by atoms with Crippen LogP contribution < -0.4 is 0 Å². The smallest absolute Gasteiger partial charge is 0.355 e. The van der Waals surface area contributed by atoms with Crippen LogP contribution in [0.2, 0.25) is 0 Å². The van der Waals surface area contributed by atoms with Crippen molar-refractivity contribution in [3.63, 3.8) is 0 Å². The van der Waals surface area contributed by atoms with Crippen molar-refractivity contribution >= 4 is 17.3 Å². The Kier molecular flexibility index (Phi) is 3.24. The van der Waals surface area contributed by atoms with Gasteiger partial charge < -0.3 is 5.11 Å². The number of thiazole rings is 1. The molecule has 2 aromatic rings. The van der Waals surface area contributed by atoms with E-state index in [4.69, 9.17) is 5.11 Å². The van der Waals surface area contributed by atoms with Gasteiger partial charge in [0.25, 0.3) is 0 Å². The highest BCUT2D eigenvalue weighted by atomic mass is 32.1. The third-order valence-corrected chi connectivity index (χ3v) is 3.26. The summed E-state index contributed by atoms with van der Waals surface area (Å²) in [5.74, 6) is -0.965. The minimum Gasteiger partial charge on any atom is -0.476 e. The molecule has 17 heavy (non-hydrogen) atoms. The zero-order chi connectivity index (χ0) is 12.4. The number of hydrogen-bond acceptors (Lipinski definition) is 3. The zero-order valence-electron chi connectivity index (χ0n) is 9.73. The van der Waals surface area contributed by atoms with Crippen LogP contribution in [0.25, 0.3) is 0 Å². The Morgan fingerprint density at radius 1 is 1.29 bits per heavy atom. The first-order chi connectivity index (χ1) is 8.04. The van der Waals surface area contributed by atoms with Crippen molar-refractivity contribution in [1.82, 2.24) is 4.98 Å². The molecule has 2 rings (SSSR count). The topological polar surface area (TPSA) is 50.2 Å². The van der Waals surface area contributed by atoms with Crippen molar-refractivity contribution in [2.24, 2.45) is 0 Å². The van der Waals surface area contributed by atoms with E-state index in [1.54, 1.807) is 5.38 Å². The molecule has 88 valence electrons. The molecule has 0 fully saturated rings. The predicted octanol–water partition coefficient (Wildman–Crippen LogP) is 3.05. The summed E-state index contributed by atoms with van der Waals surface area (Å²) in [5, 5.41) is 11.2. The average Bonchev–Trinajstić information content (AvgIpc) is 2.64. The van der Waals surface area contributed by atoms with Gasteiger partial charge in [-0.25, -0.2) is 9.78 Å². The molecule has 1 aromatic heterocycles. The van der Waals surface area contributed by atoms with Gasteiger partial charge in [0.1, 0.15) is 0 Å². The molecular weight excluding hydrogens is 234 g/mol. The average molecular weight is 247 g/mol. The van der Waals surface area contributed by atoms with E-state index >= 15 is 0 Å². The summed E-state index contributed by atoms with van der Waals surface area (Å²) in [6.45, 7) is 4.11. The molecule has 0 aliphatic heterocycles. The number of aromatic carboxylic acids is 1. The standard InChI is InChI=1S/C13H13NO2S/c1-8-3-9(2)5-10(4-8)6-12-14-11(7-17-12)13(15)16/h3-5,7H,6H2,1-2H3,(H,15,16). The molecule has 0 amide bonds. The molecule has 1 N–H and O–H groups in total. The van der Waals surface area contributed by atoms with E-state index in [9.17, 15) is 4.79 Å². The van der Waals surface area contributed by atoms with Gasteiger partial charge in [-0.15, -0.1) is 11.3 Å². The second-order valence-corrected chi connectivity index (χ2v) is 5.05. The van der Waals surface area contributed by atoms with Gasteiger partial charge in [-0.2, -0.15) is 0 Å². The van der Waals surface area contributed by atoms with Crippen LogP contribution in [0.15, 0.2) is 23.6 Å². The maximum Gasteiger partial charge on any atom is 0.355 e. The number of carbonyl (C=O) groups is 1. The van der Waals surface area contributed by atoms with E-state index in [-0.39, 0.29) is 5.69 Å². The summed E-state index contributed by atoms with van der Waals surface area (Å²) >= 11 is 1.39. The van der Waals surface area contributed by atoms with E-state index in [2.05, 4.69) is 37.0 Å². The number of hydrogen-bond donors (Lipinski definition) is 1. The number of carboxylic acid groups (broad SMARTS) is 1. The van der Waals surface area contributed by atoms with Crippen LogP contribution in [0.5, 0.6) is 0 Å². The first kappa shape index (κ1) is 11.8. The molecule has 1 heterocycles. The van der Waals surface area contributed by atoms with Gasteiger partial charge >= 0.3 is 5.97 Å². The molecule has 0 saturated heterocycles. The van der Waals surface area contributed by atoms with Gasteiger partial charge in [-0.05, 0) is 19.4 Å². The van der Waals surface area contributed by atoms with E-state index in [0.29, 0.717) is 6.42 Å². The molecule has 0 bridgehead atoms. The zero-order valence-corrected chi connectivity index (χ0v) is 10.5. The normalized spacial score (nSPS) is 10.5. The SMILES string of the molecule is Cc1cc(C)cc(Cc2nc(C(=O)O)cs2)c1. The molecule has 1 aromatic carbocycles. The first-order valence-corrected chi connectivity index (χ1v) is 6.17. The number of benzene rings is 1. The molecular formula is C13H13NO2S. The maximum absolute atomic E-state index is 10.7. The second-order valence-electron chi connectivity index (χ2n) is 4.10. The van der Waals surface area contributed by atoms with Gasteiger partial charge in [0, 0.05) is 11.8 Å². The highest BCUT2D eigenvalue weighted by Crippen LogP contribution is 2.17. The lowest BCUT2D eigenvalue weighted by Crippen LogP contribution is -1.97. The minimum absolute atomic E-state index is 0.134. The summed E-state index contributed by atoms with van der Waals surface area (Å²) in [7, 11) is 0. The van der Waals surface area contributed by atoms with Gasteiger partial charge in [0.2, 0.25) is 0 Å². The Morgan fingerprint density at radius 2 is 1.94 bits per heavy atom. The number of aromatic nitrogens is 1. The van der Waals surface area contributed by atoms with Gasteiger partial charge in [0.05, 0.1) is 5.01 Å². The summed E-state index contributed by atoms with van der Waals surface area (Å²) in [4.78, 5) is 14.8. The highest BCUT2D eigenvalue weighted by molar-refractivity contribution is 7.09. The van der Waals surface area contributed by atoms with Crippen LogP contribution in [-0.4, -0.2) is 16.1 Å². The molecule has 0 spiro atoms. The van der Waals surface area contributed by atoms with E-state index in [1.807, 2.05) is 0 Å². The quantitative estimate of drug-likeness (QED) is 0.906. The van der Waals surface area contributed by atoms with Crippen LogP contribution in [0.1, 0.15) is 32.2 Å². The van der Waals surface area contributed by atoms with Gasteiger partial charge in [-0.1, -0.05) is 29.3 Å². The molecule has 0 unspecified atom stereocenters. The fraction of sp³-hybridized carbons (Fsp3) is 0.231. The summed E-state index contributed by atoms with van der Waals surface area (Å²) in [5.41, 5.74) is 3.74. The number of nitrogens with zero attached hydrogens (tertiary/aromatic N) is 1. The van der Waals surface area contributed by atoms with Crippen LogP contribution in [-0.2, 0) is 6.42 Å². The Balaban J connectivity index is 2.22. The first-order valence-electron chi connectivity index (χ1n) is 5.29. The molecule has 0 radical (unpaired) electrons. The number of rotatable bonds is 3. The van der Waals surface area contributed by atoms with E-state index in [1.165, 1.54) is 28.0 Å². The Labute approximate surface area is 104 Å².